The number of nitrogens with one attached hydrogen (secondary N) is 2. The summed E-state index contributed by atoms with van der Waals surface area (Å²) in [7, 11) is 0. The Morgan fingerprint density at radius 1 is 1.30 bits per heavy atom. The third-order valence-corrected chi connectivity index (χ3v) is 3.62. The van der Waals surface area contributed by atoms with Crippen LogP contribution in [0.15, 0.2) is 29.8 Å². The van der Waals surface area contributed by atoms with Crippen molar-refractivity contribution in [3.05, 3.63) is 46.5 Å². The summed E-state index contributed by atoms with van der Waals surface area (Å²) in [6.45, 7) is 3.83. The van der Waals surface area contributed by atoms with Crippen molar-refractivity contribution < 1.29 is 9.53 Å². The van der Waals surface area contributed by atoms with Crippen molar-refractivity contribution in [1.29, 1.82) is 0 Å². The molecule has 2 N–H and O–H groups in total. The molecule has 3 rings (SSSR count). The standard InChI is InChI=1S/C15H18N2O2.ClH/c18-15(17-8-11-3-5-16-6-4-11)12-1-2-13-9-19-10-14(13)7-12;/h1-3,7,16H,4-6,8-10H2,(H,17,18);1H. The van der Waals surface area contributed by atoms with Gasteiger partial charge in [-0.1, -0.05) is 17.7 Å². The van der Waals surface area contributed by atoms with Gasteiger partial charge < -0.3 is 15.4 Å². The molecular weight excluding hydrogens is 276 g/mol. The predicted molar refractivity (Wildman–Crippen MR) is 80.1 cm³/mol. The van der Waals surface area contributed by atoms with E-state index >= 15 is 0 Å². The molecule has 108 valence electrons. The van der Waals surface area contributed by atoms with Crippen LogP contribution in [-0.2, 0) is 18.0 Å². The highest BCUT2D eigenvalue weighted by Gasteiger charge is 2.14. The molecule has 0 bridgehead atoms. The quantitative estimate of drug-likeness (QED) is 0.836. The van der Waals surface area contributed by atoms with Gasteiger partial charge in [-0.15, -0.1) is 12.4 Å². The van der Waals surface area contributed by atoms with Crippen LogP contribution in [0, 0.1) is 0 Å². The van der Waals surface area contributed by atoms with E-state index in [0.717, 1.165) is 30.6 Å². The minimum Gasteiger partial charge on any atom is -0.372 e. The maximum Gasteiger partial charge on any atom is 0.251 e. The minimum atomic E-state index is -0.00543. The van der Waals surface area contributed by atoms with Crippen molar-refractivity contribution in [2.24, 2.45) is 0 Å². The number of hydrogen-bond acceptors (Lipinski definition) is 3. The van der Waals surface area contributed by atoms with E-state index in [1.807, 2.05) is 18.2 Å². The monoisotopic (exact) mass is 294 g/mol. The van der Waals surface area contributed by atoms with E-state index in [2.05, 4.69) is 16.7 Å². The summed E-state index contributed by atoms with van der Waals surface area (Å²) in [5, 5.41) is 6.24. The first kappa shape index (κ1) is 15.0. The van der Waals surface area contributed by atoms with Gasteiger partial charge in [0, 0.05) is 18.7 Å². The molecule has 4 nitrogen and oxygen atoms in total. The second kappa shape index (κ2) is 6.88. The molecule has 2 heterocycles. The third kappa shape index (κ3) is 3.39. The fourth-order valence-corrected chi connectivity index (χ4v) is 2.44. The molecule has 0 spiro atoms. The highest BCUT2D eigenvalue weighted by Crippen LogP contribution is 2.20. The number of benzene rings is 1. The highest BCUT2D eigenvalue weighted by atomic mass is 35.5. The molecule has 0 saturated heterocycles. The number of carbonyl (C=O) groups excluding carboxylic acids is 1. The highest BCUT2D eigenvalue weighted by molar-refractivity contribution is 5.94. The Labute approximate surface area is 125 Å². The topological polar surface area (TPSA) is 50.4 Å². The van der Waals surface area contributed by atoms with E-state index < -0.39 is 0 Å². The zero-order chi connectivity index (χ0) is 13.1. The molecule has 1 aromatic carbocycles. The van der Waals surface area contributed by atoms with Crippen LogP contribution >= 0.6 is 12.4 Å². The molecule has 0 saturated carbocycles. The summed E-state index contributed by atoms with van der Waals surface area (Å²) in [5.74, 6) is -0.00543. The second-order valence-corrected chi connectivity index (χ2v) is 4.98. The van der Waals surface area contributed by atoms with Gasteiger partial charge in [0.2, 0.25) is 0 Å². The first-order valence-corrected chi connectivity index (χ1v) is 6.69. The van der Waals surface area contributed by atoms with Gasteiger partial charge in [0.05, 0.1) is 13.2 Å². The minimum absolute atomic E-state index is 0. The average Bonchev–Trinajstić information content (AvgIpc) is 2.93. The van der Waals surface area contributed by atoms with Gasteiger partial charge in [0.25, 0.3) is 5.91 Å². The molecule has 0 radical (unpaired) electrons. The van der Waals surface area contributed by atoms with E-state index in [1.54, 1.807) is 0 Å². The summed E-state index contributed by atoms with van der Waals surface area (Å²) in [6, 6.07) is 5.80. The Morgan fingerprint density at radius 2 is 2.15 bits per heavy atom. The van der Waals surface area contributed by atoms with Gasteiger partial charge in [-0.2, -0.15) is 0 Å². The van der Waals surface area contributed by atoms with Crippen molar-refractivity contribution in [2.45, 2.75) is 19.6 Å². The summed E-state index contributed by atoms with van der Waals surface area (Å²) in [4.78, 5) is 12.1. The van der Waals surface area contributed by atoms with Crippen LogP contribution in [0.25, 0.3) is 0 Å². The van der Waals surface area contributed by atoms with Crippen LogP contribution in [0.4, 0.5) is 0 Å². The van der Waals surface area contributed by atoms with Crippen molar-refractivity contribution in [2.75, 3.05) is 19.6 Å². The molecule has 2 aliphatic heterocycles. The van der Waals surface area contributed by atoms with Crippen molar-refractivity contribution in [1.82, 2.24) is 10.6 Å². The average molecular weight is 295 g/mol. The smallest absolute Gasteiger partial charge is 0.251 e. The second-order valence-electron chi connectivity index (χ2n) is 4.98. The van der Waals surface area contributed by atoms with E-state index in [9.17, 15) is 4.79 Å². The lowest BCUT2D eigenvalue weighted by molar-refractivity contribution is 0.0956. The van der Waals surface area contributed by atoms with Gasteiger partial charge in [-0.05, 0) is 36.2 Å². The van der Waals surface area contributed by atoms with Crippen LogP contribution in [0.2, 0.25) is 0 Å². The molecule has 20 heavy (non-hydrogen) atoms. The lowest BCUT2D eigenvalue weighted by Crippen LogP contribution is -2.29. The Morgan fingerprint density at radius 3 is 2.95 bits per heavy atom. The molecule has 2 aliphatic rings. The maximum absolute atomic E-state index is 12.1. The molecule has 0 atom stereocenters. The molecule has 1 aromatic rings. The number of hydrogen-bond donors (Lipinski definition) is 2. The molecular formula is C15H19ClN2O2. The number of rotatable bonds is 3. The SMILES string of the molecule is Cl.O=C(NCC1=CCNCC1)c1ccc2c(c1)COC2. The zero-order valence-corrected chi connectivity index (χ0v) is 12.1. The fourth-order valence-electron chi connectivity index (χ4n) is 2.44. The predicted octanol–water partition coefficient (Wildman–Crippen LogP) is 1.79. The first-order chi connectivity index (χ1) is 9.33. The Balaban J connectivity index is 0.00000147. The van der Waals surface area contributed by atoms with Crippen LogP contribution in [0.1, 0.15) is 27.9 Å². The number of ether oxygens (including phenoxy) is 1. The van der Waals surface area contributed by atoms with Gasteiger partial charge in [0.1, 0.15) is 0 Å². The number of halogens is 1. The fraction of sp³-hybridized carbons (Fsp3) is 0.400. The summed E-state index contributed by atoms with van der Waals surface area (Å²) >= 11 is 0. The molecule has 0 fully saturated rings. The number of fused-ring (bicyclic) bond motifs is 1. The zero-order valence-electron chi connectivity index (χ0n) is 11.3. The van der Waals surface area contributed by atoms with E-state index in [0.29, 0.717) is 19.8 Å². The number of amides is 1. The van der Waals surface area contributed by atoms with Gasteiger partial charge in [-0.25, -0.2) is 0 Å². The molecule has 0 aliphatic carbocycles. The maximum atomic E-state index is 12.1. The van der Waals surface area contributed by atoms with Crippen molar-refractivity contribution in [3.8, 4) is 0 Å². The van der Waals surface area contributed by atoms with E-state index in [1.165, 1.54) is 11.1 Å². The number of carbonyl (C=O) groups is 1. The largest absolute Gasteiger partial charge is 0.372 e. The lowest BCUT2D eigenvalue weighted by atomic mass is 10.1. The van der Waals surface area contributed by atoms with Crippen LogP contribution in [0.5, 0.6) is 0 Å². The van der Waals surface area contributed by atoms with E-state index in [-0.39, 0.29) is 18.3 Å². The van der Waals surface area contributed by atoms with Crippen LogP contribution in [0.3, 0.4) is 0 Å². The van der Waals surface area contributed by atoms with Crippen molar-refractivity contribution in [3.63, 3.8) is 0 Å². The molecule has 0 aromatic heterocycles. The Hall–Kier alpha value is -1.36. The molecule has 1 amide bonds. The Bertz CT molecular complexity index is 529. The van der Waals surface area contributed by atoms with Gasteiger partial charge in [0.15, 0.2) is 0 Å². The van der Waals surface area contributed by atoms with E-state index in [4.69, 9.17) is 4.74 Å². The normalized spacial score (nSPS) is 16.9. The Kier molecular flexibility index (Phi) is 5.17. The van der Waals surface area contributed by atoms with Gasteiger partial charge in [-0.3, -0.25) is 4.79 Å². The third-order valence-electron chi connectivity index (χ3n) is 3.62. The molecule has 0 unspecified atom stereocenters. The summed E-state index contributed by atoms with van der Waals surface area (Å²) in [5.41, 5.74) is 4.35. The molecule has 5 heteroatoms. The lowest BCUT2D eigenvalue weighted by Gasteiger charge is -2.14. The van der Waals surface area contributed by atoms with Gasteiger partial charge >= 0.3 is 0 Å². The van der Waals surface area contributed by atoms with Crippen LogP contribution in [-0.4, -0.2) is 25.5 Å². The van der Waals surface area contributed by atoms with Crippen molar-refractivity contribution >= 4 is 18.3 Å². The van der Waals surface area contributed by atoms with Crippen LogP contribution < -0.4 is 10.6 Å². The summed E-state index contributed by atoms with van der Waals surface area (Å²) < 4.78 is 5.36. The summed E-state index contributed by atoms with van der Waals surface area (Å²) in [6.07, 6.45) is 3.17. The first-order valence-electron chi connectivity index (χ1n) is 6.69.